The van der Waals surface area contributed by atoms with Gasteiger partial charge in [-0.1, -0.05) is 91.0 Å². The van der Waals surface area contributed by atoms with Crippen molar-refractivity contribution in [2.45, 2.75) is 50.5 Å². The van der Waals surface area contributed by atoms with Crippen LogP contribution < -0.4 is 0 Å². The number of hydrogen-bond donors (Lipinski definition) is 2. The molecular weight excluding hydrogens is 420 g/mol. The average Bonchev–Trinajstić information content (AvgIpc) is 2.86. The minimum atomic E-state index is -1.40. The van der Waals surface area contributed by atoms with E-state index in [-0.39, 0.29) is 13.2 Å². The van der Waals surface area contributed by atoms with Crippen LogP contribution in [0.3, 0.4) is 0 Å². The van der Waals surface area contributed by atoms with E-state index in [1.165, 1.54) is 0 Å². The van der Waals surface area contributed by atoms with Crippen LogP contribution in [0.5, 0.6) is 0 Å². The SMILES string of the molecule is OC1O[C@H](COCc2ccccc2)[C@@H](OCc2ccccc2)[C@H](OCc2ccccc2)C1O. The van der Waals surface area contributed by atoms with E-state index in [1.54, 1.807) is 0 Å². The van der Waals surface area contributed by atoms with Gasteiger partial charge < -0.3 is 29.2 Å². The Kier molecular flexibility index (Phi) is 8.60. The summed E-state index contributed by atoms with van der Waals surface area (Å²) in [4.78, 5) is 0. The largest absolute Gasteiger partial charge is 0.385 e. The molecule has 0 aliphatic carbocycles. The number of benzene rings is 3. The van der Waals surface area contributed by atoms with Gasteiger partial charge in [0, 0.05) is 0 Å². The van der Waals surface area contributed by atoms with Crippen LogP contribution in [-0.4, -0.2) is 47.5 Å². The summed E-state index contributed by atoms with van der Waals surface area (Å²) in [7, 11) is 0. The molecule has 1 fully saturated rings. The van der Waals surface area contributed by atoms with Gasteiger partial charge in [-0.25, -0.2) is 0 Å². The molecule has 0 amide bonds. The van der Waals surface area contributed by atoms with Crippen LogP contribution in [0.4, 0.5) is 0 Å². The molecule has 1 saturated heterocycles. The van der Waals surface area contributed by atoms with Crippen LogP contribution in [0, 0.1) is 0 Å². The normalized spacial score (nSPS) is 25.1. The fourth-order valence-corrected chi connectivity index (χ4v) is 3.84. The Morgan fingerprint density at radius 1 is 0.606 bits per heavy atom. The van der Waals surface area contributed by atoms with E-state index in [0.717, 1.165) is 16.7 Å². The molecule has 3 aromatic rings. The zero-order valence-corrected chi connectivity index (χ0v) is 18.4. The summed E-state index contributed by atoms with van der Waals surface area (Å²) in [5.74, 6) is 0. The van der Waals surface area contributed by atoms with Crippen molar-refractivity contribution in [2.24, 2.45) is 0 Å². The second kappa shape index (κ2) is 12.0. The second-order valence-electron chi connectivity index (χ2n) is 8.08. The summed E-state index contributed by atoms with van der Waals surface area (Å²) in [5, 5.41) is 21.1. The lowest BCUT2D eigenvalue weighted by molar-refractivity contribution is -0.307. The average molecular weight is 451 g/mol. The Balaban J connectivity index is 1.46. The monoisotopic (exact) mass is 450 g/mol. The molecular formula is C27H30O6. The van der Waals surface area contributed by atoms with Crippen LogP contribution in [-0.2, 0) is 38.8 Å². The van der Waals surface area contributed by atoms with Gasteiger partial charge in [0.05, 0.1) is 26.4 Å². The molecule has 33 heavy (non-hydrogen) atoms. The summed E-state index contributed by atoms with van der Waals surface area (Å²) in [6.45, 7) is 1.18. The third kappa shape index (κ3) is 6.71. The summed E-state index contributed by atoms with van der Waals surface area (Å²) >= 11 is 0. The summed E-state index contributed by atoms with van der Waals surface area (Å²) < 4.78 is 23.9. The van der Waals surface area contributed by atoms with Gasteiger partial charge in [0.15, 0.2) is 6.29 Å². The van der Waals surface area contributed by atoms with Crippen LogP contribution in [0.2, 0.25) is 0 Å². The zero-order chi connectivity index (χ0) is 22.9. The molecule has 0 aromatic heterocycles. The molecule has 3 aromatic carbocycles. The standard InChI is InChI=1S/C27H30O6/c28-24-26(32-18-22-14-8-3-9-15-22)25(31-17-21-12-6-2-7-13-21)23(33-27(24)29)19-30-16-20-10-4-1-5-11-20/h1-15,23-29H,16-19H2/t23-,24?,25-,26-,27?/m1/s1. The Bertz CT molecular complexity index is 937. The smallest absolute Gasteiger partial charge is 0.184 e. The fraction of sp³-hybridized carbons (Fsp3) is 0.333. The molecule has 6 heteroatoms. The Labute approximate surface area is 194 Å². The van der Waals surface area contributed by atoms with Crippen molar-refractivity contribution >= 4 is 0 Å². The predicted molar refractivity (Wildman–Crippen MR) is 123 cm³/mol. The van der Waals surface area contributed by atoms with E-state index in [9.17, 15) is 10.2 Å². The lowest BCUT2D eigenvalue weighted by Crippen LogP contribution is -2.60. The van der Waals surface area contributed by atoms with Crippen molar-refractivity contribution in [2.75, 3.05) is 6.61 Å². The van der Waals surface area contributed by atoms with Gasteiger partial charge in [-0.15, -0.1) is 0 Å². The molecule has 0 radical (unpaired) electrons. The molecule has 5 atom stereocenters. The highest BCUT2D eigenvalue weighted by molar-refractivity contribution is 5.15. The molecule has 1 heterocycles. The van der Waals surface area contributed by atoms with E-state index in [4.69, 9.17) is 18.9 Å². The molecule has 0 spiro atoms. The molecule has 6 nitrogen and oxygen atoms in total. The topological polar surface area (TPSA) is 77.4 Å². The number of ether oxygens (including phenoxy) is 4. The molecule has 1 aliphatic rings. The number of rotatable bonds is 10. The Morgan fingerprint density at radius 3 is 1.58 bits per heavy atom. The van der Waals surface area contributed by atoms with Crippen molar-refractivity contribution in [3.63, 3.8) is 0 Å². The van der Waals surface area contributed by atoms with E-state index < -0.39 is 30.7 Å². The van der Waals surface area contributed by atoms with Crippen LogP contribution in [0.15, 0.2) is 91.0 Å². The lowest BCUT2D eigenvalue weighted by atomic mass is 9.98. The summed E-state index contributed by atoms with van der Waals surface area (Å²) in [5.41, 5.74) is 2.99. The number of aliphatic hydroxyl groups is 2. The molecule has 0 saturated carbocycles. The lowest BCUT2D eigenvalue weighted by Gasteiger charge is -2.42. The summed E-state index contributed by atoms with van der Waals surface area (Å²) in [6.07, 6.45) is -4.68. The Hall–Kier alpha value is -2.58. The van der Waals surface area contributed by atoms with Crippen LogP contribution >= 0.6 is 0 Å². The third-order valence-electron chi connectivity index (χ3n) is 5.60. The molecule has 174 valence electrons. The van der Waals surface area contributed by atoms with Gasteiger partial charge in [-0.05, 0) is 16.7 Å². The first-order valence-corrected chi connectivity index (χ1v) is 11.1. The maximum atomic E-state index is 10.7. The van der Waals surface area contributed by atoms with E-state index >= 15 is 0 Å². The first-order valence-electron chi connectivity index (χ1n) is 11.1. The van der Waals surface area contributed by atoms with Gasteiger partial charge in [-0.2, -0.15) is 0 Å². The maximum absolute atomic E-state index is 10.7. The molecule has 4 rings (SSSR count). The number of aliphatic hydroxyl groups excluding tert-OH is 2. The highest BCUT2D eigenvalue weighted by Gasteiger charge is 2.46. The first kappa shape index (κ1) is 23.6. The molecule has 0 bridgehead atoms. The molecule has 2 unspecified atom stereocenters. The third-order valence-corrected chi connectivity index (χ3v) is 5.60. The van der Waals surface area contributed by atoms with Gasteiger partial charge in [0.1, 0.15) is 24.4 Å². The molecule has 1 aliphatic heterocycles. The maximum Gasteiger partial charge on any atom is 0.184 e. The molecule has 2 N–H and O–H groups in total. The minimum absolute atomic E-state index is 0.184. The van der Waals surface area contributed by atoms with E-state index in [2.05, 4.69) is 0 Å². The summed E-state index contributed by atoms with van der Waals surface area (Å²) in [6, 6.07) is 29.3. The highest BCUT2D eigenvalue weighted by Crippen LogP contribution is 2.27. The van der Waals surface area contributed by atoms with E-state index in [0.29, 0.717) is 13.2 Å². The Morgan fingerprint density at radius 2 is 1.06 bits per heavy atom. The van der Waals surface area contributed by atoms with Crippen molar-refractivity contribution < 1.29 is 29.2 Å². The second-order valence-corrected chi connectivity index (χ2v) is 8.08. The van der Waals surface area contributed by atoms with Gasteiger partial charge in [0.25, 0.3) is 0 Å². The minimum Gasteiger partial charge on any atom is -0.385 e. The van der Waals surface area contributed by atoms with Crippen molar-refractivity contribution in [3.8, 4) is 0 Å². The van der Waals surface area contributed by atoms with Crippen molar-refractivity contribution in [3.05, 3.63) is 108 Å². The van der Waals surface area contributed by atoms with Crippen molar-refractivity contribution in [1.82, 2.24) is 0 Å². The van der Waals surface area contributed by atoms with Gasteiger partial charge >= 0.3 is 0 Å². The first-order chi connectivity index (χ1) is 16.2. The van der Waals surface area contributed by atoms with Crippen molar-refractivity contribution in [1.29, 1.82) is 0 Å². The highest BCUT2D eigenvalue weighted by atomic mass is 16.7. The van der Waals surface area contributed by atoms with Gasteiger partial charge in [-0.3, -0.25) is 0 Å². The predicted octanol–water partition coefficient (Wildman–Crippen LogP) is 3.45. The zero-order valence-electron chi connectivity index (χ0n) is 18.4. The number of hydrogen-bond acceptors (Lipinski definition) is 6. The van der Waals surface area contributed by atoms with Crippen LogP contribution in [0.1, 0.15) is 16.7 Å². The quantitative estimate of drug-likeness (QED) is 0.493. The van der Waals surface area contributed by atoms with Gasteiger partial charge in [0.2, 0.25) is 0 Å². The van der Waals surface area contributed by atoms with Crippen LogP contribution in [0.25, 0.3) is 0 Å². The van der Waals surface area contributed by atoms with E-state index in [1.807, 2.05) is 91.0 Å². The fourth-order valence-electron chi connectivity index (χ4n) is 3.84.